The number of anilines is 1. The number of rotatable bonds is 6. The van der Waals surface area contributed by atoms with Crippen LogP contribution < -0.4 is 15.5 Å². The zero-order valence-electron chi connectivity index (χ0n) is 21.5. The molecule has 1 saturated heterocycles. The lowest BCUT2D eigenvalue weighted by Gasteiger charge is -2.34. The third kappa shape index (κ3) is 4.82. The molecule has 1 atom stereocenters. The van der Waals surface area contributed by atoms with Crippen LogP contribution in [0.3, 0.4) is 0 Å². The highest BCUT2D eigenvalue weighted by Gasteiger charge is 2.32. The molecule has 0 aliphatic carbocycles. The van der Waals surface area contributed by atoms with Crippen molar-refractivity contribution >= 4 is 56.3 Å². The van der Waals surface area contributed by atoms with Crippen LogP contribution in [0, 0.1) is 5.82 Å². The van der Waals surface area contributed by atoms with Crippen LogP contribution >= 0.6 is 11.3 Å². The van der Waals surface area contributed by atoms with Gasteiger partial charge in [0.1, 0.15) is 17.2 Å². The fourth-order valence-electron chi connectivity index (χ4n) is 4.85. The zero-order chi connectivity index (χ0) is 27.6. The maximum atomic E-state index is 15.7. The number of pyridine rings is 2. The number of carbonyl (C=O) groups is 2. The summed E-state index contributed by atoms with van der Waals surface area (Å²) in [6.45, 7) is 1.42. The fourth-order valence-corrected chi connectivity index (χ4v) is 5.81. The van der Waals surface area contributed by atoms with Crippen LogP contribution in [0.1, 0.15) is 28.1 Å². The van der Waals surface area contributed by atoms with Crippen LogP contribution in [-0.2, 0) is 4.79 Å². The van der Waals surface area contributed by atoms with Gasteiger partial charge in [-0.25, -0.2) is 14.4 Å². The lowest BCUT2D eigenvalue weighted by Crippen LogP contribution is -2.49. The highest BCUT2D eigenvalue weighted by atomic mass is 32.1. The number of piperidine rings is 1. The van der Waals surface area contributed by atoms with Crippen molar-refractivity contribution < 1.29 is 14.0 Å². The second-order valence-electron chi connectivity index (χ2n) is 9.33. The molecule has 40 heavy (non-hydrogen) atoms. The maximum Gasteiger partial charge on any atom is 0.262 e. The minimum absolute atomic E-state index is 0.0690. The minimum Gasteiger partial charge on any atom is -0.356 e. The van der Waals surface area contributed by atoms with Gasteiger partial charge in [-0.3, -0.25) is 14.5 Å². The van der Waals surface area contributed by atoms with Crippen LogP contribution in [0.15, 0.2) is 60.9 Å². The van der Waals surface area contributed by atoms with Crippen molar-refractivity contribution in [2.45, 2.75) is 18.9 Å². The third-order valence-corrected chi connectivity index (χ3v) is 7.87. The first-order valence-corrected chi connectivity index (χ1v) is 13.6. The number of hydrogen-bond donors (Lipinski definition) is 2. The molecule has 1 aliphatic rings. The number of nitrogens with one attached hydrogen (secondary N) is 2. The average molecular weight is 557 g/mol. The van der Waals surface area contributed by atoms with Gasteiger partial charge in [-0.1, -0.05) is 5.21 Å². The van der Waals surface area contributed by atoms with Crippen molar-refractivity contribution in [2.75, 3.05) is 25.0 Å². The van der Waals surface area contributed by atoms with E-state index in [4.69, 9.17) is 0 Å². The molecule has 2 amide bonds. The number of benzene rings is 1. The van der Waals surface area contributed by atoms with Gasteiger partial charge in [-0.05, 0) is 61.9 Å². The second-order valence-corrected chi connectivity index (χ2v) is 10.4. The summed E-state index contributed by atoms with van der Waals surface area (Å²) in [5, 5.41) is 14.9. The second kappa shape index (κ2) is 10.9. The molecule has 4 aromatic heterocycles. The number of aromatic nitrogens is 5. The summed E-state index contributed by atoms with van der Waals surface area (Å²) in [5.41, 5.74) is 1.41. The lowest BCUT2D eigenvalue weighted by molar-refractivity contribution is -0.115. The van der Waals surface area contributed by atoms with Gasteiger partial charge in [0.05, 0.1) is 17.3 Å². The number of carbonyl (C=O) groups excluding carboxylic acids is 2. The normalized spacial score (nSPS) is 15.6. The molecule has 1 aromatic carbocycles. The molecular weight excluding hydrogens is 531 g/mol. The maximum absolute atomic E-state index is 15.7. The Kier molecular flexibility index (Phi) is 7.01. The molecule has 1 aliphatic heterocycles. The first kappa shape index (κ1) is 25.7. The Balaban J connectivity index is 1.40. The molecule has 6 rings (SSSR count). The molecule has 5 aromatic rings. The molecule has 0 radical (unpaired) electrons. The summed E-state index contributed by atoms with van der Waals surface area (Å²) in [6, 6.07) is 11.5. The van der Waals surface area contributed by atoms with E-state index in [-0.39, 0.29) is 17.5 Å². The molecule has 202 valence electrons. The van der Waals surface area contributed by atoms with Crippen LogP contribution in [0.25, 0.3) is 33.0 Å². The number of halogens is 1. The van der Waals surface area contributed by atoms with E-state index in [1.54, 1.807) is 48.6 Å². The molecular formula is C28H25FN8O2S. The van der Waals surface area contributed by atoms with Crippen molar-refractivity contribution in [2.24, 2.45) is 0 Å². The van der Waals surface area contributed by atoms with Crippen LogP contribution in [-0.4, -0.2) is 63.0 Å². The Bertz CT molecular complexity index is 1760. The van der Waals surface area contributed by atoms with E-state index in [9.17, 15) is 9.59 Å². The van der Waals surface area contributed by atoms with Gasteiger partial charge >= 0.3 is 0 Å². The van der Waals surface area contributed by atoms with Crippen LogP contribution in [0.2, 0.25) is 0 Å². The fraction of sp³-hybridized carbons (Fsp3) is 0.214. The summed E-state index contributed by atoms with van der Waals surface area (Å²) in [7, 11) is 1.57. The monoisotopic (exact) mass is 556 g/mol. The Morgan fingerprint density at radius 1 is 1.20 bits per heavy atom. The van der Waals surface area contributed by atoms with Crippen molar-refractivity contribution in [1.82, 2.24) is 35.6 Å². The van der Waals surface area contributed by atoms with Crippen molar-refractivity contribution in [1.29, 1.82) is 0 Å². The van der Waals surface area contributed by atoms with Gasteiger partial charge in [0.25, 0.3) is 5.91 Å². The van der Waals surface area contributed by atoms with E-state index >= 15 is 4.39 Å². The molecule has 0 spiro atoms. The van der Waals surface area contributed by atoms with E-state index in [2.05, 4.69) is 30.9 Å². The summed E-state index contributed by atoms with van der Waals surface area (Å²) in [5.74, 6) is -0.910. The number of amides is 2. The highest BCUT2D eigenvalue weighted by Crippen LogP contribution is 2.35. The van der Waals surface area contributed by atoms with Gasteiger partial charge in [-0.2, -0.15) is 4.68 Å². The van der Waals surface area contributed by atoms with Crippen LogP contribution in [0.5, 0.6) is 0 Å². The predicted octanol–water partition coefficient (Wildman–Crippen LogP) is 3.72. The Morgan fingerprint density at radius 2 is 2.10 bits per heavy atom. The average Bonchev–Trinajstić information content (AvgIpc) is 3.61. The van der Waals surface area contributed by atoms with Crippen molar-refractivity contribution in [3.63, 3.8) is 0 Å². The predicted molar refractivity (Wildman–Crippen MR) is 152 cm³/mol. The SMILES string of the molecule is CNC(=O)/C=C/c1cc2c(N(C(=O)c3ccc(-n4nnc5cccnc54)cc3F)[C@@H]3CCCNC3)nccc2s1. The summed E-state index contributed by atoms with van der Waals surface area (Å²) < 4.78 is 18.0. The smallest absolute Gasteiger partial charge is 0.262 e. The molecule has 1 fully saturated rings. The van der Waals surface area contributed by atoms with E-state index < -0.39 is 11.7 Å². The molecule has 0 saturated carbocycles. The van der Waals surface area contributed by atoms with Crippen molar-refractivity contribution in [3.8, 4) is 5.69 Å². The minimum atomic E-state index is -0.678. The lowest BCUT2D eigenvalue weighted by atomic mass is 10.0. The zero-order valence-corrected chi connectivity index (χ0v) is 22.4. The largest absolute Gasteiger partial charge is 0.356 e. The van der Waals surface area contributed by atoms with Gasteiger partial charge in [0.2, 0.25) is 5.91 Å². The van der Waals surface area contributed by atoms with Gasteiger partial charge < -0.3 is 10.6 Å². The van der Waals surface area contributed by atoms with E-state index in [0.717, 1.165) is 34.3 Å². The molecule has 0 unspecified atom stereocenters. The summed E-state index contributed by atoms with van der Waals surface area (Å²) >= 11 is 1.48. The van der Waals surface area contributed by atoms with Crippen LogP contribution in [0.4, 0.5) is 10.2 Å². The van der Waals surface area contributed by atoms with Crippen molar-refractivity contribution in [3.05, 3.63) is 77.2 Å². The number of hydrogen-bond acceptors (Lipinski definition) is 8. The summed E-state index contributed by atoms with van der Waals surface area (Å²) in [6.07, 6.45) is 8.07. The van der Waals surface area contributed by atoms with E-state index in [0.29, 0.717) is 29.2 Å². The number of fused-ring (bicyclic) bond motifs is 2. The molecule has 5 heterocycles. The van der Waals surface area contributed by atoms with E-state index in [1.165, 1.54) is 34.2 Å². The standard InChI is InChI=1S/C28H25FN8O2S/c1-30-25(38)9-7-19-15-21-24(40-19)10-13-33-26(21)36(18-4-2-11-31-16-18)28(39)20-8-6-17(14-22(20)29)37-27-23(34-35-37)5-3-12-32-27/h3,5-10,12-15,18,31H,2,4,11,16H2,1H3,(H,30,38)/b9-7+/t18-/m1/s1. The van der Waals surface area contributed by atoms with Gasteiger partial charge in [0, 0.05) is 53.1 Å². The number of nitrogens with zero attached hydrogens (tertiary/aromatic N) is 6. The first-order valence-electron chi connectivity index (χ1n) is 12.8. The molecule has 10 nitrogen and oxygen atoms in total. The number of thiophene rings is 1. The molecule has 2 N–H and O–H groups in total. The Hall–Kier alpha value is -4.55. The Morgan fingerprint density at radius 3 is 2.90 bits per heavy atom. The number of likely N-dealkylation sites (N-methyl/N-ethyl adjacent to an activating group) is 1. The highest BCUT2D eigenvalue weighted by molar-refractivity contribution is 7.20. The van der Waals surface area contributed by atoms with Gasteiger partial charge in [-0.15, -0.1) is 16.4 Å². The third-order valence-electron chi connectivity index (χ3n) is 6.81. The summed E-state index contributed by atoms with van der Waals surface area (Å²) in [4.78, 5) is 37.1. The van der Waals surface area contributed by atoms with E-state index in [1.807, 2.05) is 12.1 Å². The molecule has 0 bridgehead atoms. The molecule has 12 heteroatoms. The topological polar surface area (TPSA) is 118 Å². The van der Waals surface area contributed by atoms with Gasteiger partial charge in [0.15, 0.2) is 5.65 Å². The quantitative estimate of drug-likeness (QED) is 0.306. The Labute approximate surface area is 232 Å². The first-order chi connectivity index (χ1) is 19.5.